The van der Waals surface area contributed by atoms with Gasteiger partial charge in [0.15, 0.2) is 5.25 Å². The fourth-order valence-corrected chi connectivity index (χ4v) is 2.65. The minimum absolute atomic E-state index is 0.406. The molecule has 1 rings (SSSR count). The SMILES string of the molecule is COC(=O)C(C)S(=O)(=O)NC(CO)c1ccccc1. The normalized spacial score (nSPS) is 14.7. The molecule has 0 heterocycles. The Kier molecular flexibility index (Phi) is 5.46. The van der Waals surface area contributed by atoms with E-state index in [-0.39, 0.29) is 0 Å². The number of hydrogen-bond donors (Lipinski definition) is 2. The number of nitrogens with one attached hydrogen (secondary N) is 1. The van der Waals surface area contributed by atoms with Crippen LogP contribution in [0.25, 0.3) is 0 Å². The first-order valence-corrected chi connectivity index (χ1v) is 7.21. The van der Waals surface area contributed by atoms with Crippen LogP contribution >= 0.6 is 0 Å². The van der Waals surface area contributed by atoms with Crippen molar-refractivity contribution in [2.24, 2.45) is 0 Å². The summed E-state index contributed by atoms with van der Waals surface area (Å²) in [5.41, 5.74) is 0.616. The van der Waals surface area contributed by atoms with Crippen LogP contribution in [0.1, 0.15) is 18.5 Å². The molecule has 2 atom stereocenters. The lowest BCUT2D eigenvalue weighted by Crippen LogP contribution is -2.41. The lowest BCUT2D eigenvalue weighted by molar-refractivity contribution is -0.139. The number of carbonyl (C=O) groups is 1. The molecule has 0 spiro atoms. The molecule has 0 bridgehead atoms. The first kappa shape index (κ1) is 15.6. The second-order valence-corrected chi connectivity index (χ2v) is 6.01. The van der Waals surface area contributed by atoms with Crippen LogP contribution in [-0.4, -0.2) is 38.5 Å². The molecule has 1 aromatic rings. The molecule has 0 saturated heterocycles. The lowest BCUT2D eigenvalue weighted by atomic mass is 10.1. The maximum atomic E-state index is 12.0. The van der Waals surface area contributed by atoms with E-state index in [4.69, 9.17) is 0 Å². The number of rotatable bonds is 6. The van der Waals surface area contributed by atoms with Crippen molar-refractivity contribution in [1.29, 1.82) is 0 Å². The molecule has 19 heavy (non-hydrogen) atoms. The average Bonchev–Trinajstić information content (AvgIpc) is 2.44. The summed E-state index contributed by atoms with van der Waals surface area (Å²) in [4.78, 5) is 11.3. The van der Waals surface area contributed by atoms with Crippen LogP contribution in [0.2, 0.25) is 0 Å². The van der Waals surface area contributed by atoms with E-state index >= 15 is 0 Å². The number of esters is 1. The Morgan fingerprint density at radius 3 is 2.42 bits per heavy atom. The van der Waals surface area contributed by atoms with Crippen LogP contribution in [-0.2, 0) is 19.6 Å². The molecule has 0 aliphatic carbocycles. The summed E-state index contributed by atoms with van der Waals surface area (Å²) in [6.07, 6.45) is 0. The van der Waals surface area contributed by atoms with Gasteiger partial charge in [-0.1, -0.05) is 30.3 Å². The van der Waals surface area contributed by atoms with Gasteiger partial charge < -0.3 is 9.84 Å². The maximum Gasteiger partial charge on any atom is 0.325 e. The monoisotopic (exact) mass is 287 g/mol. The van der Waals surface area contributed by atoms with E-state index in [0.717, 1.165) is 7.11 Å². The largest absolute Gasteiger partial charge is 0.468 e. The summed E-state index contributed by atoms with van der Waals surface area (Å²) < 4.78 is 30.6. The van der Waals surface area contributed by atoms with Crippen molar-refractivity contribution < 1.29 is 23.1 Å². The number of methoxy groups -OCH3 is 1. The topological polar surface area (TPSA) is 92.7 Å². The predicted molar refractivity (Wildman–Crippen MR) is 69.8 cm³/mol. The molecular weight excluding hydrogens is 270 g/mol. The Labute approximate surface area is 112 Å². The van der Waals surface area contributed by atoms with Crippen LogP contribution in [0.3, 0.4) is 0 Å². The zero-order valence-electron chi connectivity index (χ0n) is 10.7. The van der Waals surface area contributed by atoms with Crippen LogP contribution in [0, 0.1) is 0 Å². The highest BCUT2D eigenvalue weighted by Crippen LogP contribution is 2.14. The molecule has 0 aliphatic rings. The second kappa shape index (κ2) is 6.65. The van der Waals surface area contributed by atoms with Gasteiger partial charge in [-0.05, 0) is 12.5 Å². The number of hydrogen-bond acceptors (Lipinski definition) is 5. The summed E-state index contributed by atoms with van der Waals surface area (Å²) in [6.45, 7) is 0.824. The van der Waals surface area contributed by atoms with E-state index in [9.17, 15) is 18.3 Å². The van der Waals surface area contributed by atoms with E-state index in [2.05, 4.69) is 9.46 Å². The van der Waals surface area contributed by atoms with Gasteiger partial charge in [0.2, 0.25) is 10.0 Å². The van der Waals surface area contributed by atoms with E-state index in [1.165, 1.54) is 6.92 Å². The third-order valence-electron chi connectivity index (χ3n) is 2.69. The van der Waals surface area contributed by atoms with Gasteiger partial charge in [0.1, 0.15) is 0 Å². The highest BCUT2D eigenvalue weighted by Gasteiger charge is 2.31. The van der Waals surface area contributed by atoms with Gasteiger partial charge in [-0.2, -0.15) is 0 Å². The summed E-state index contributed by atoms with van der Waals surface area (Å²) in [5.74, 6) is -0.850. The van der Waals surface area contributed by atoms with Gasteiger partial charge in [-0.15, -0.1) is 0 Å². The van der Waals surface area contributed by atoms with Gasteiger partial charge >= 0.3 is 5.97 Å². The van der Waals surface area contributed by atoms with E-state index in [1.807, 2.05) is 0 Å². The quantitative estimate of drug-likeness (QED) is 0.729. The summed E-state index contributed by atoms with van der Waals surface area (Å²) in [6, 6.07) is 7.83. The Bertz CT molecular complexity index is 514. The van der Waals surface area contributed by atoms with Crippen molar-refractivity contribution in [3.8, 4) is 0 Å². The van der Waals surface area contributed by atoms with E-state index < -0.39 is 33.9 Å². The fourth-order valence-electron chi connectivity index (χ4n) is 1.49. The first-order chi connectivity index (χ1) is 8.92. The summed E-state index contributed by atoms with van der Waals surface area (Å²) >= 11 is 0. The molecule has 0 aromatic heterocycles. The molecule has 0 radical (unpaired) electrons. The Balaban J connectivity index is 2.90. The first-order valence-electron chi connectivity index (χ1n) is 5.67. The molecule has 0 amide bonds. The number of benzene rings is 1. The zero-order chi connectivity index (χ0) is 14.5. The minimum atomic E-state index is -3.92. The smallest absolute Gasteiger partial charge is 0.325 e. The fraction of sp³-hybridized carbons (Fsp3) is 0.417. The Hall–Kier alpha value is -1.44. The molecule has 6 nitrogen and oxygen atoms in total. The van der Waals surface area contributed by atoms with Crippen molar-refractivity contribution in [3.05, 3.63) is 35.9 Å². The highest BCUT2D eigenvalue weighted by atomic mass is 32.2. The third kappa shape index (κ3) is 4.02. The van der Waals surface area contributed by atoms with Crippen LogP contribution in [0.15, 0.2) is 30.3 Å². The molecule has 0 aliphatic heterocycles. The van der Waals surface area contributed by atoms with Crippen molar-refractivity contribution in [2.75, 3.05) is 13.7 Å². The van der Waals surface area contributed by atoms with Gasteiger partial charge in [0, 0.05) is 0 Å². The molecule has 106 valence electrons. The molecule has 1 aromatic carbocycles. The molecular formula is C12H17NO5S. The highest BCUT2D eigenvalue weighted by molar-refractivity contribution is 7.90. The van der Waals surface area contributed by atoms with Gasteiger partial charge in [0.25, 0.3) is 0 Å². The number of aliphatic hydroxyl groups is 1. The molecule has 0 saturated carbocycles. The van der Waals surface area contributed by atoms with Crippen molar-refractivity contribution in [3.63, 3.8) is 0 Å². The third-order valence-corrected chi connectivity index (χ3v) is 4.43. The van der Waals surface area contributed by atoms with Crippen molar-refractivity contribution >= 4 is 16.0 Å². The Morgan fingerprint density at radius 1 is 1.37 bits per heavy atom. The summed E-state index contributed by atoms with van der Waals surface area (Å²) in [5, 5.41) is 7.94. The van der Waals surface area contributed by atoms with E-state index in [0.29, 0.717) is 5.56 Å². The van der Waals surface area contributed by atoms with Gasteiger partial charge in [-0.3, -0.25) is 4.79 Å². The predicted octanol–water partition coefficient (Wildman–Crippen LogP) is 0.201. The van der Waals surface area contributed by atoms with Crippen LogP contribution < -0.4 is 4.72 Å². The molecule has 2 N–H and O–H groups in total. The Morgan fingerprint density at radius 2 is 1.95 bits per heavy atom. The van der Waals surface area contributed by atoms with Gasteiger partial charge in [-0.25, -0.2) is 13.1 Å². The molecule has 0 fully saturated rings. The number of aliphatic hydroxyl groups excluding tert-OH is 1. The average molecular weight is 287 g/mol. The number of ether oxygens (including phenoxy) is 1. The van der Waals surface area contributed by atoms with Crippen LogP contribution in [0.4, 0.5) is 0 Å². The van der Waals surface area contributed by atoms with Crippen molar-refractivity contribution in [1.82, 2.24) is 4.72 Å². The minimum Gasteiger partial charge on any atom is -0.468 e. The van der Waals surface area contributed by atoms with Gasteiger partial charge in [0.05, 0.1) is 19.8 Å². The maximum absolute atomic E-state index is 12.0. The molecule has 2 unspecified atom stereocenters. The zero-order valence-corrected chi connectivity index (χ0v) is 11.6. The number of carbonyl (C=O) groups excluding carboxylic acids is 1. The van der Waals surface area contributed by atoms with Crippen LogP contribution in [0.5, 0.6) is 0 Å². The summed E-state index contributed by atoms with van der Waals surface area (Å²) in [7, 11) is -2.80. The second-order valence-electron chi connectivity index (χ2n) is 3.97. The standard InChI is InChI=1S/C12H17NO5S/c1-9(12(15)18-2)19(16,17)13-11(8-14)10-6-4-3-5-7-10/h3-7,9,11,13-14H,8H2,1-2H3. The lowest BCUT2D eigenvalue weighted by Gasteiger charge is -2.19. The number of sulfonamides is 1. The van der Waals surface area contributed by atoms with Crippen molar-refractivity contribution in [2.45, 2.75) is 18.2 Å². The van der Waals surface area contributed by atoms with E-state index in [1.54, 1.807) is 30.3 Å². The molecule has 7 heteroatoms.